The maximum absolute atomic E-state index is 6.00. The van der Waals surface area contributed by atoms with Gasteiger partial charge < -0.3 is 10.1 Å². The quantitative estimate of drug-likeness (QED) is 0.719. The van der Waals surface area contributed by atoms with Crippen LogP contribution >= 0.6 is 12.2 Å². The van der Waals surface area contributed by atoms with Crippen molar-refractivity contribution in [1.29, 1.82) is 0 Å². The summed E-state index contributed by atoms with van der Waals surface area (Å²) in [5.41, 5.74) is 2.77. The van der Waals surface area contributed by atoms with E-state index < -0.39 is 0 Å². The number of rotatable bonds is 1. The largest absolute Gasteiger partial charge is 0.481 e. The molecule has 1 aliphatic heterocycles. The van der Waals surface area contributed by atoms with Gasteiger partial charge in [-0.2, -0.15) is 0 Å². The van der Waals surface area contributed by atoms with E-state index in [1.165, 1.54) is 31.4 Å². The molecule has 1 saturated heterocycles. The van der Waals surface area contributed by atoms with Crippen LogP contribution < -0.4 is 5.32 Å². The molecule has 3 aliphatic rings. The Hall–Kier alpha value is -0.830. The average Bonchev–Trinajstić information content (AvgIpc) is 2.38. The molecule has 0 radical (unpaired) electrons. The summed E-state index contributed by atoms with van der Waals surface area (Å²) in [6.07, 6.45) is 9.64. The second-order valence-electron chi connectivity index (χ2n) is 5.15. The molecule has 2 nitrogen and oxygen atoms in total. The van der Waals surface area contributed by atoms with Crippen molar-refractivity contribution in [1.82, 2.24) is 5.32 Å². The Balaban J connectivity index is 1.92. The summed E-state index contributed by atoms with van der Waals surface area (Å²) in [7, 11) is 0. The smallest absolute Gasteiger partial charge is 0.149 e. The maximum Gasteiger partial charge on any atom is 0.149 e. The first kappa shape index (κ1) is 11.3. The molecule has 2 aliphatic carbocycles. The number of ether oxygens (including phenoxy) is 1. The monoisotopic (exact) mass is 249 g/mol. The predicted octanol–water partition coefficient (Wildman–Crippen LogP) is 3.44. The minimum absolute atomic E-state index is 0.0701. The van der Waals surface area contributed by atoms with Gasteiger partial charge in [0.15, 0.2) is 0 Å². The summed E-state index contributed by atoms with van der Waals surface area (Å²) in [4.78, 5) is 0.860. The summed E-state index contributed by atoms with van der Waals surface area (Å²) in [5, 5.41) is 3.44. The van der Waals surface area contributed by atoms with Crippen molar-refractivity contribution >= 4 is 17.2 Å². The molecule has 0 spiro atoms. The highest BCUT2D eigenvalue weighted by atomic mass is 32.1. The van der Waals surface area contributed by atoms with Gasteiger partial charge in [0, 0.05) is 0 Å². The highest BCUT2D eigenvalue weighted by molar-refractivity contribution is 7.80. The number of hydrogen-bond donors (Lipinski definition) is 1. The van der Waals surface area contributed by atoms with E-state index in [4.69, 9.17) is 17.0 Å². The molecule has 17 heavy (non-hydrogen) atoms. The lowest BCUT2D eigenvalue weighted by Crippen LogP contribution is -2.42. The standard InChI is InChI=1S/C14H19NOS/c1-2-11-14(17)15-13-10-6-4-3-5-9(10)7-8-12(13)16-11/h8-9,11H,2-7H2,1H3,(H,15,17). The predicted molar refractivity (Wildman–Crippen MR) is 72.6 cm³/mol. The highest BCUT2D eigenvalue weighted by Crippen LogP contribution is 2.40. The summed E-state index contributed by atoms with van der Waals surface area (Å²) in [5.74, 6) is 1.79. The maximum atomic E-state index is 6.00. The molecule has 3 heteroatoms. The van der Waals surface area contributed by atoms with Crippen LogP contribution in [0.25, 0.3) is 0 Å². The number of thiocarbonyl (C=S) groups is 1. The number of morpholine rings is 1. The van der Waals surface area contributed by atoms with Crippen molar-refractivity contribution < 1.29 is 4.74 Å². The third-order valence-corrected chi connectivity index (χ3v) is 4.44. The van der Waals surface area contributed by atoms with E-state index in [1.807, 2.05) is 0 Å². The van der Waals surface area contributed by atoms with Crippen molar-refractivity contribution in [2.45, 2.75) is 51.6 Å². The fraction of sp³-hybridized carbons (Fsp3) is 0.643. The van der Waals surface area contributed by atoms with Crippen LogP contribution in [0.2, 0.25) is 0 Å². The lowest BCUT2D eigenvalue weighted by Gasteiger charge is -2.37. The third kappa shape index (κ3) is 1.90. The lowest BCUT2D eigenvalue weighted by molar-refractivity contribution is 0.154. The zero-order chi connectivity index (χ0) is 11.8. The molecular formula is C14H19NOS. The molecule has 3 rings (SSSR count). The third-order valence-electron chi connectivity index (χ3n) is 4.08. The Labute approximate surface area is 108 Å². The van der Waals surface area contributed by atoms with Crippen LogP contribution in [0.3, 0.4) is 0 Å². The van der Waals surface area contributed by atoms with Gasteiger partial charge in [-0.1, -0.05) is 25.6 Å². The minimum atomic E-state index is 0.0701. The van der Waals surface area contributed by atoms with Crippen LogP contribution in [0.5, 0.6) is 0 Å². The van der Waals surface area contributed by atoms with Gasteiger partial charge in [0.25, 0.3) is 0 Å². The van der Waals surface area contributed by atoms with E-state index in [1.54, 1.807) is 5.57 Å². The molecule has 0 aromatic heterocycles. The number of allylic oxidation sites excluding steroid dienone is 2. The normalized spacial score (nSPS) is 32.1. The first-order valence-electron chi connectivity index (χ1n) is 6.70. The summed E-state index contributed by atoms with van der Waals surface area (Å²) in [6.45, 7) is 2.11. The van der Waals surface area contributed by atoms with Crippen LogP contribution in [-0.2, 0) is 4.74 Å². The van der Waals surface area contributed by atoms with Crippen LogP contribution in [0.1, 0.15) is 45.4 Å². The van der Waals surface area contributed by atoms with E-state index in [0.29, 0.717) is 0 Å². The number of hydrogen-bond acceptors (Lipinski definition) is 2. The topological polar surface area (TPSA) is 21.3 Å². The van der Waals surface area contributed by atoms with Crippen molar-refractivity contribution in [3.8, 4) is 0 Å². The van der Waals surface area contributed by atoms with Gasteiger partial charge in [-0.15, -0.1) is 0 Å². The average molecular weight is 249 g/mol. The molecule has 0 bridgehead atoms. The number of nitrogens with one attached hydrogen (secondary N) is 1. The summed E-state index contributed by atoms with van der Waals surface area (Å²) >= 11 is 5.39. The van der Waals surface area contributed by atoms with Crippen molar-refractivity contribution in [3.05, 3.63) is 23.1 Å². The fourth-order valence-electron chi connectivity index (χ4n) is 3.11. The van der Waals surface area contributed by atoms with E-state index in [9.17, 15) is 0 Å². The zero-order valence-electron chi connectivity index (χ0n) is 10.3. The Morgan fingerprint density at radius 2 is 2.35 bits per heavy atom. The van der Waals surface area contributed by atoms with Gasteiger partial charge in [-0.25, -0.2) is 0 Å². The van der Waals surface area contributed by atoms with Crippen LogP contribution in [0.4, 0.5) is 0 Å². The molecule has 1 saturated carbocycles. The van der Waals surface area contributed by atoms with Gasteiger partial charge in [0.2, 0.25) is 0 Å². The fourth-order valence-corrected chi connectivity index (χ4v) is 3.43. The van der Waals surface area contributed by atoms with E-state index in [0.717, 1.165) is 29.5 Å². The summed E-state index contributed by atoms with van der Waals surface area (Å²) < 4.78 is 6.00. The van der Waals surface area contributed by atoms with Gasteiger partial charge in [0.1, 0.15) is 16.9 Å². The van der Waals surface area contributed by atoms with Crippen molar-refractivity contribution in [2.24, 2.45) is 5.92 Å². The van der Waals surface area contributed by atoms with Gasteiger partial charge in [0.05, 0.1) is 5.70 Å². The molecule has 0 amide bonds. The second kappa shape index (κ2) is 4.45. The Kier molecular flexibility index (Phi) is 2.95. The van der Waals surface area contributed by atoms with Crippen LogP contribution in [-0.4, -0.2) is 11.1 Å². The molecule has 2 fully saturated rings. The molecule has 1 heterocycles. The first-order chi connectivity index (χ1) is 8.29. The molecule has 0 aromatic rings. The van der Waals surface area contributed by atoms with Crippen molar-refractivity contribution in [3.63, 3.8) is 0 Å². The van der Waals surface area contributed by atoms with E-state index >= 15 is 0 Å². The van der Waals surface area contributed by atoms with Crippen molar-refractivity contribution in [2.75, 3.05) is 0 Å². The number of fused-ring (bicyclic) bond motifs is 2. The molecule has 92 valence electrons. The Morgan fingerprint density at radius 3 is 3.18 bits per heavy atom. The van der Waals surface area contributed by atoms with E-state index in [-0.39, 0.29) is 6.10 Å². The van der Waals surface area contributed by atoms with Crippen LogP contribution in [0, 0.1) is 5.92 Å². The SMILES string of the molecule is CCC1OC2=CCC3CCCCC3=C2NC1=S. The molecule has 2 unspecified atom stereocenters. The lowest BCUT2D eigenvalue weighted by atomic mass is 9.78. The molecule has 2 atom stereocenters. The minimum Gasteiger partial charge on any atom is -0.481 e. The van der Waals surface area contributed by atoms with Gasteiger partial charge in [-0.3, -0.25) is 0 Å². The Bertz CT molecular complexity index is 410. The van der Waals surface area contributed by atoms with Gasteiger partial charge in [-0.05, 0) is 49.7 Å². The highest BCUT2D eigenvalue weighted by Gasteiger charge is 2.33. The first-order valence-corrected chi connectivity index (χ1v) is 7.11. The molecule has 1 N–H and O–H groups in total. The van der Waals surface area contributed by atoms with E-state index in [2.05, 4.69) is 18.3 Å². The Morgan fingerprint density at radius 1 is 1.47 bits per heavy atom. The van der Waals surface area contributed by atoms with Gasteiger partial charge >= 0.3 is 0 Å². The zero-order valence-corrected chi connectivity index (χ0v) is 11.1. The second-order valence-corrected chi connectivity index (χ2v) is 5.59. The molecular weight excluding hydrogens is 230 g/mol. The molecule has 0 aromatic carbocycles. The van der Waals surface area contributed by atoms with Crippen LogP contribution in [0.15, 0.2) is 23.1 Å². The summed E-state index contributed by atoms with van der Waals surface area (Å²) in [6, 6.07) is 0.